The highest BCUT2D eigenvalue weighted by Gasteiger charge is 2.32. The number of hydrogen-bond donors (Lipinski definition) is 1. The third-order valence-corrected chi connectivity index (χ3v) is 4.84. The third-order valence-electron chi connectivity index (χ3n) is 4.11. The van der Waals surface area contributed by atoms with Gasteiger partial charge in [-0.15, -0.1) is 0 Å². The quantitative estimate of drug-likeness (QED) is 0.837. The molecule has 1 aliphatic heterocycles. The van der Waals surface area contributed by atoms with E-state index in [0.717, 1.165) is 16.0 Å². The van der Waals surface area contributed by atoms with Crippen LogP contribution < -0.4 is 5.73 Å². The number of thioether (sulfide) groups is 1. The summed E-state index contributed by atoms with van der Waals surface area (Å²) in [5, 5.41) is 9.29. The third kappa shape index (κ3) is 3.81. The molecule has 26 heavy (non-hydrogen) atoms. The molecule has 6 nitrogen and oxygen atoms in total. The molecule has 2 aromatic rings. The lowest BCUT2D eigenvalue weighted by atomic mass is 9.89. The number of nitriles is 1. The Morgan fingerprint density at radius 2 is 2.23 bits per heavy atom. The van der Waals surface area contributed by atoms with E-state index in [1.165, 1.54) is 18.0 Å². The van der Waals surface area contributed by atoms with Crippen LogP contribution >= 0.6 is 11.8 Å². The molecule has 2 N–H and O–H groups in total. The van der Waals surface area contributed by atoms with E-state index in [1.807, 2.05) is 19.1 Å². The molecule has 7 heteroatoms. The van der Waals surface area contributed by atoms with Crippen molar-refractivity contribution in [2.24, 2.45) is 10.7 Å². The van der Waals surface area contributed by atoms with Crippen molar-refractivity contribution in [2.75, 3.05) is 0 Å². The van der Waals surface area contributed by atoms with Gasteiger partial charge in [0, 0.05) is 31.4 Å². The number of nitrogens with zero attached hydrogens (tertiary/aromatic N) is 4. The molecule has 0 saturated heterocycles. The van der Waals surface area contributed by atoms with E-state index in [0.29, 0.717) is 22.8 Å². The summed E-state index contributed by atoms with van der Waals surface area (Å²) in [6, 6.07) is 7.05. The van der Waals surface area contributed by atoms with Crippen molar-refractivity contribution < 1.29 is 4.79 Å². The average Bonchev–Trinajstić information content (AvgIpc) is 2.61. The largest absolute Gasteiger partial charge is 0.378 e. The number of rotatable bonds is 4. The van der Waals surface area contributed by atoms with Gasteiger partial charge in [0.15, 0.2) is 11.0 Å². The van der Waals surface area contributed by atoms with Gasteiger partial charge in [-0.3, -0.25) is 19.8 Å². The molecule has 0 unspecified atom stereocenters. The van der Waals surface area contributed by atoms with Crippen LogP contribution in [0.15, 0.2) is 53.3 Å². The molecule has 0 bridgehead atoms. The first kappa shape index (κ1) is 17.8. The van der Waals surface area contributed by atoms with Gasteiger partial charge in [-0.2, -0.15) is 5.26 Å². The summed E-state index contributed by atoms with van der Waals surface area (Å²) in [5.41, 5.74) is 7.78. The molecule has 0 aromatic carbocycles. The fourth-order valence-electron chi connectivity index (χ4n) is 2.82. The maximum absolute atomic E-state index is 12.4. The maximum atomic E-state index is 12.4. The van der Waals surface area contributed by atoms with Crippen LogP contribution in [0.25, 0.3) is 0 Å². The standard InChI is InChI=1S/C19H17N5OS/c1-12-7-19(2,24-18(21)26-12)15-5-14(9-22-11-15)6-17(25)16-4-3-13(8-20)10-23-16/h3-5,9-11H,1,6-7H2,2H3,(H2,21,24)/t19-/m0/s1. The summed E-state index contributed by atoms with van der Waals surface area (Å²) in [5.74, 6) is -0.134. The van der Waals surface area contributed by atoms with Crippen molar-refractivity contribution in [3.8, 4) is 6.07 Å². The van der Waals surface area contributed by atoms with Crippen molar-refractivity contribution in [1.29, 1.82) is 5.26 Å². The predicted octanol–water partition coefficient (Wildman–Crippen LogP) is 2.95. The maximum Gasteiger partial charge on any atom is 0.185 e. The number of aliphatic imine (C=N–C) groups is 1. The molecule has 0 fully saturated rings. The lowest BCUT2D eigenvalue weighted by molar-refractivity contribution is 0.0988. The minimum atomic E-state index is -0.537. The van der Waals surface area contributed by atoms with Gasteiger partial charge in [-0.25, -0.2) is 0 Å². The van der Waals surface area contributed by atoms with Crippen molar-refractivity contribution in [1.82, 2.24) is 9.97 Å². The van der Waals surface area contributed by atoms with Crippen LogP contribution in [-0.2, 0) is 12.0 Å². The van der Waals surface area contributed by atoms with Crippen molar-refractivity contribution in [2.45, 2.75) is 25.3 Å². The Balaban J connectivity index is 1.83. The van der Waals surface area contributed by atoms with E-state index in [4.69, 9.17) is 11.0 Å². The first-order valence-electron chi connectivity index (χ1n) is 7.94. The number of pyridine rings is 2. The Hall–Kier alpha value is -2.98. The molecule has 0 radical (unpaired) electrons. The number of hydrogen-bond acceptors (Lipinski definition) is 7. The van der Waals surface area contributed by atoms with E-state index in [1.54, 1.807) is 24.5 Å². The number of amidine groups is 1. The first-order chi connectivity index (χ1) is 12.4. The summed E-state index contributed by atoms with van der Waals surface area (Å²) >= 11 is 1.38. The van der Waals surface area contributed by atoms with Crippen molar-refractivity contribution in [3.05, 3.63) is 70.7 Å². The summed E-state index contributed by atoms with van der Waals surface area (Å²) < 4.78 is 0. The van der Waals surface area contributed by atoms with Gasteiger partial charge in [0.2, 0.25) is 0 Å². The van der Waals surface area contributed by atoms with E-state index < -0.39 is 5.54 Å². The van der Waals surface area contributed by atoms with Gasteiger partial charge in [0.25, 0.3) is 0 Å². The van der Waals surface area contributed by atoms with E-state index in [9.17, 15) is 4.79 Å². The molecular weight excluding hydrogens is 346 g/mol. The van der Waals surface area contributed by atoms with Gasteiger partial charge in [-0.05, 0) is 41.2 Å². The minimum absolute atomic E-state index is 0.134. The highest BCUT2D eigenvalue weighted by Crippen LogP contribution is 2.40. The summed E-state index contributed by atoms with van der Waals surface area (Å²) in [6.45, 7) is 5.99. The molecule has 0 saturated carbocycles. The van der Waals surface area contributed by atoms with Crippen LogP contribution in [0.3, 0.4) is 0 Å². The zero-order chi connectivity index (χ0) is 18.7. The highest BCUT2D eigenvalue weighted by atomic mass is 32.2. The molecule has 0 aliphatic carbocycles. The second kappa shape index (κ2) is 7.10. The summed E-state index contributed by atoms with van der Waals surface area (Å²) in [4.78, 5) is 26.3. The topological polar surface area (TPSA) is 105 Å². The lowest BCUT2D eigenvalue weighted by Crippen LogP contribution is -2.28. The molecular formula is C19H17N5OS. The average molecular weight is 363 g/mol. The van der Waals surface area contributed by atoms with Crippen molar-refractivity contribution >= 4 is 22.7 Å². The Morgan fingerprint density at radius 1 is 1.42 bits per heavy atom. The molecule has 2 aromatic heterocycles. The van der Waals surface area contributed by atoms with Crippen LogP contribution in [0.1, 0.15) is 40.5 Å². The van der Waals surface area contributed by atoms with Crippen molar-refractivity contribution in [3.63, 3.8) is 0 Å². The SMILES string of the molecule is C=C1C[C@@](C)(c2cncc(CC(=O)c3ccc(C#N)cn3)c2)N=C(N)S1. The number of aromatic nitrogens is 2. The van der Waals surface area contributed by atoms with Gasteiger partial charge in [-0.1, -0.05) is 18.3 Å². The van der Waals surface area contributed by atoms with Gasteiger partial charge in [0.05, 0.1) is 11.1 Å². The fraction of sp³-hybridized carbons (Fsp3) is 0.211. The molecule has 1 aliphatic rings. The predicted molar refractivity (Wildman–Crippen MR) is 102 cm³/mol. The van der Waals surface area contributed by atoms with Crippen LogP contribution in [-0.4, -0.2) is 20.9 Å². The van der Waals surface area contributed by atoms with E-state index >= 15 is 0 Å². The second-order valence-electron chi connectivity index (χ2n) is 6.27. The van der Waals surface area contributed by atoms with Crippen LogP contribution in [0.2, 0.25) is 0 Å². The zero-order valence-electron chi connectivity index (χ0n) is 14.3. The highest BCUT2D eigenvalue weighted by molar-refractivity contribution is 8.17. The molecule has 130 valence electrons. The smallest absolute Gasteiger partial charge is 0.185 e. The Labute approximate surface area is 155 Å². The minimum Gasteiger partial charge on any atom is -0.378 e. The molecule has 3 rings (SSSR count). The van der Waals surface area contributed by atoms with Gasteiger partial charge in [0.1, 0.15) is 11.8 Å². The number of nitrogens with two attached hydrogens (primary N) is 1. The normalized spacial score (nSPS) is 19.5. The number of ketones is 1. The van der Waals surface area contributed by atoms with E-state index in [-0.39, 0.29) is 12.2 Å². The molecule has 1 atom stereocenters. The van der Waals surface area contributed by atoms with Crippen LogP contribution in [0.5, 0.6) is 0 Å². The summed E-state index contributed by atoms with van der Waals surface area (Å²) in [6.07, 6.45) is 5.63. The first-order valence-corrected chi connectivity index (χ1v) is 8.76. The summed E-state index contributed by atoms with van der Waals surface area (Å²) in [7, 11) is 0. The number of carbonyl (C=O) groups is 1. The number of carbonyl (C=O) groups excluding carboxylic acids is 1. The molecule has 0 spiro atoms. The van der Waals surface area contributed by atoms with Gasteiger partial charge < -0.3 is 5.73 Å². The molecule has 0 amide bonds. The fourth-order valence-corrected chi connectivity index (χ4v) is 3.72. The lowest BCUT2D eigenvalue weighted by Gasteiger charge is -2.30. The number of Topliss-reactive ketones (excluding diaryl/α,β-unsaturated/α-hetero) is 1. The zero-order valence-corrected chi connectivity index (χ0v) is 15.1. The van der Waals surface area contributed by atoms with E-state index in [2.05, 4.69) is 21.5 Å². The van der Waals surface area contributed by atoms with Crippen LogP contribution in [0.4, 0.5) is 0 Å². The second-order valence-corrected chi connectivity index (χ2v) is 7.47. The Morgan fingerprint density at radius 3 is 2.88 bits per heavy atom. The Kier molecular flexibility index (Phi) is 4.87. The van der Waals surface area contributed by atoms with Gasteiger partial charge >= 0.3 is 0 Å². The van der Waals surface area contributed by atoms with Crippen LogP contribution in [0, 0.1) is 11.3 Å². The molecule has 3 heterocycles. The monoisotopic (exact) mass is 363 g/mol. The Bertz CT molecular complexity index is 945.